The maximum absolute atomic E-state index is 11.8. The van der Waals surface area contributed by atoms with Crippen molar-refractivity contribution in [3.63, 3.8) is 0 Å². The number of benzene rings is 1. The zero-order valence-electron chi connectivity index (χ0n) is 18.3. The lowest BCUT2D eigenvalue weighted by Gasteiger charge is -2.13. The van der Waals surface area contributed by atoms with Gasteiger partial charge < -0.3 is 20.1 Å². The summed E-state index contributed by atoms with van der Waals surface area (Å²) in [5.74, 6) is 3.21. The van der Waals surface area contributed by atoms with E-state index in [2.05, 4.69) is 34.7 Å². The van der Waals surface area contributed by atoms with E-state index < -0.39 is 0 Å². The summed E-state index contributed by atoms with van der Waals surface area (Å²) >= 11 is 0. The summed E-state index contributed by atoms with van der Waals surface area (Å²) in [6, 6.07) is 3.72. The fraction of sp³-hybridized carbons (Fsp3) is 0.524. The molecule has 0 saturated heterocycles. The van der Waals surface area contributed by atoms with E-state index in [1.807, 2.05) is 23.5 Å². The summed E-state index contributed by atoms with van der Waals surface area (Å²) in [6.45, 7) is 7.47. The summed E-state index contributed by atoms with van der Waals surface area (Å²) in [5, 5.41) is 14.8. The monoisotopic (exact) mass is 414 g/mol. The Morgan fingerprint density at radius 2 is 1.87 bits per heavy atom. The second kappa shape index (κ2) is 9.60. The molecular weight excluding hydrogens is 384 g/mol. The van der Waals surface area contributed by atoms with Gasteiger partial charge in [-0.15, -0.1) is 10.2 Å². The van der Waals surface area contributed by atoms with Gasteiger partial charge in [0, 0.05) is 31.6 Å². The van der Waals surface area contributed by atoms with Crippen LogP contribution in [0.5, 0.6) is 11.5 Å². The van der Waals surface area contributed by atoms with Gasteiger partial charge in [0.05, 0.1) is 25.3 Å². The van der Waals surface area contributed by atoms with Gasteiger partial charge in [0.1, 0.15) is 5.82 Å². The van der Waals surface area contributed by atoms with Gasteiger partial charge in [0.25, 0.3) is 0 Å². The van der Waals surface area contributed by atoms with Crippen LogP contribution in [0.2, 0.25) is 0 Å². The Kier molecular flexibility index (Phi) is 6.91. The number of carbonyl (C=O) groups is 1. The van der Waals surface area contributed by atoms with E-state index in [-0.39, 0.29) is 5.91 Å². The molecule has 1 amide bonds. The number of hydrogen-bond donors (Lipinski definition) is 2. The van der Waals surface area contributed by atoms with E-state index in [4.69, 9.17) is 14.5 Å². The number of unbranched alkanes of at least 4 members (excludes halogenated alkanes) is 1. The molecule has 0 unspecified atom stereocenters. The number of methoxy groups -OCH3 is 2. The lowest BCUT2D eigenvalue weighted by atomic mass is 10.2. The molecule has 9 nitrogen and oxygen atoms in total. The van der Waals surface area contributed by atoms with E-state index in [1.165, 1.54) is 0 Å². The summed E-state index contributed by atoms with van der Waals surface area (Å²) in [7, 11) is 3.20. The lowest BCUT2D eigenvalue weighted by Crippen LogP contribution is -2.27. The highest BCUT2D eigenvalue weighted by molar-refractivity contribution is 5.85. The Labute approximate surface area is 176 Å². The Morgan fingerprint density at radius 3 is 2.57 bits per heavy atom. The molecule has 1 aromatic carbocycles. The van der Waals surface area contributed by atoms with Gasteiger partial charge in [0.15, 0.2) is 17.3 Å². The maximum atomic E-state index is 11.8. The predicted molar refractivity (Wildman–Crippen MR) is 116 cm³/mol. The highest BCUT2D eigenvalue weighted by Gasteiger charge is 2.16. The Balaban J connectivity index is 1.73. The molecule has 0 spiro atoms. The molecule has 162 valence electrons. The second-order valence-electron chi connectivity index (χ2n) is 7.64. The number of aromatic nitrogens is 4. The smallest absolute Gasteiger partial charge is 0.220 e. The largest absolute Gasteiger partial charge is 0.493 e. The number of carbonyl (C=O) groups excluding carboxylic acids is 1. The molecule has 9 heteroatoms. The van der Waals surface area contributed by atoms with Crippen molar-refractivity contribution in [3.05, 3.63) is 18.0 Å². The Bertz CT molecular complexity index is 1030. The van der Waals surface area contributed by atoms with Gasteiger partial charge in [-0.1, -0.05) is 13.8 Å². The molecule has 30 heavy (non-hydrogen) atoms. The first kappa shape index (κ1) is 21.6. The molecule has 0 fully saturated rings. The van der Waals surface area contributed by atoms with Crippen LogP contribution in [0.25, 0.3) is 16.7 Å². The van der Waals surface area contributed by atoms with Crippen molar-refractivity contribution >= 4 is 28.4 Å². The van der Waals surface area contributed by atoms with Crippen LogP contribution in [0.15, 0.2) is 12.1 Å². The molecule has 0 atom stereocenters. The average Bonchev–Trinajstić information content (AvgIpc) is 3.13. The Hall–Kier alpha value is -3.10. The highest BCUT2D eigenvalue weighted by Crippen LogP contribution is 2.33. The molecule has 0 aliphatic carbocycles. The standard InChI is InChI=1S/C21H30N6O3/c1-13(2)12-23-19(28)8-6-7-9-22-20-21-26-25-14(3)27(21)16-11-18(30-5)17(29-4)10-15(16)24-20/h10-11,13H,6-9,12H2,1-5H3,(H,22,24)(H,23,28). The normalized spacial score (nSPS) is 11.3. The minimum absolute atomic E-state index is 0.101. The van der Waals surface area contributed by atoms with E-state index in [1.54, 1.807) is 14.2 Å². The van der Waals surface area contributed by atoms with E-state index in [0.29, 0.717) is 41.8 Å². The first-order chi connectivity index (χ1) is 14.4. The molecule has 0 saturated carbocycles. The number of nitrogens with one attached hydrogen (secondary N) is 2. The predicted octanol–water partition coefficient (Wildman–Crippen LogP) is 2.96. The molecule has 3 rings (SSSR count). The number of ether oxygens (including phenoxy) is 2. The summed E-state index contributed by atoms with van der Waals surface area (Å²) in [6.07, 6.45) is 2.17. The number of fused-ring (bicyclic) bond motifs is 3. The zero-order chi connectivity index (χ0) is 21.7. The number of amides is 1. The fourth-order valence-corrected chi connectivity index (χ4v) is 3.24. The van der Waals surface area contributed by atoms with Crippen LogP contribution in [0.3, 0.4) is 0 Å². The van der Waals surface area contributed by atoms with Gasteiger partial charge in [-0.05, 0) is 25.7 Å². The molecule has 0 bridgehead atoms. The molecule has 0 aliphatic rings. The molecule has 3 aromatic rings. The molecule has 2 heterocycles. The molecule has 2 aromatic heterocycles. The van der Waals surface area contributed by atoms with Crippen LogP contribution < -0.4 is 20.1 Å². The third-order valence-electron chi connectivity index (χ3n) is 4.82. The van der Waals surface area contributed by atoms with Gasteiger partial charge in [0.2, 0.25) is 11.6 Å². The van der Waals surface area contributed by atoms with Gasteiger partial charge in [-0.2, -0.15) is 0 Å². The minimum atomic E-state index is 0.101. The minimum Gasteiger partial charge on any atom is -0.493 e. The zero-order valence-corrected chi connectivity index (χ0v) is 18.3. The van der Waals surface area contributed by atoms with Crippen LogP contribution in [0, 0.1) is 12.8 Å². The SMILES string of the molecule is COc1cc2nc(NCCCCC(=O)NCC(C)C)c3nnc(C)n3c2cc1OC. The molecule has 0 radical (unpaired) electrons. The molecule has 2 N–H and O–H groups in total. The number of nitrogens with zero attached hydrogens (tertiary/aromatic N) is 4. The number of aryl methyl sites for hydroxylation is 1. The number of rotatable bonds is 10. The van der Waals surface area contributed by atoms with Crippen LogP contribution in [-0.2, 0) is 4.79 Å². The summed E-state index contributed by atoms with van der Waals surface area (Å²) in [5.41, 5.74) is 2.25. The average molecular weight is 415 g/mol. The van der Waals surface area contributed by atoms with Crippen molar-refractivity contribution in [1.82, 2.24) is 24.9 Å². The van der Waals surface area contributed by atoms with E-state index >= 15 is 0 Å². The number of anilines is 1. The van der Waals surface area contributed by atoms with Crippen LogP contribution in [0.1, 0.15) is 38.9 Å². The topological polar surface area (TPSA) is 103 Å². The van der Waals surface area contributed by atoms with Crippen molar-refractivity contribution in [2.75, 3.05) is 32.6 Å². The molecular formula is C21H30N6O3. The quantitative estimate of drug-likeness (QED) is 0.492. The van der Waals surface area contributed by atoms with Gasteiger partial charge in [-0.25, -0.2) is 4.98 Å². The van der Waals surface area contributed by atoms with Crippen LogP contribution in [-0.4, -0.2) is 52.8 Å². The number of hydrogen-bond acceptors (Lipinski definition) is 7. The lowest BCUT2D eigenvalue weighted by molar-refractivity contribution is -0.121. The van der Waals surface area contributed by atoms with E-state index in [0.717, 1.165) is 36.2 Å². The molecule has 0 aliphatic heterocycles. The van der Waals surface area contributed by atoms with Crippen molar-refractivity contribution in [1.29, 1.82) is 0 Å². The first-order valence-electron chi connectivity index (χ1n) is 10.2. The van der Waals surface area contributed by atoms with Crippen molar-refractivity contribution in [2.45, 2.75) is 40.0 Å². The highest BCUT2D eigenvalue weighted by atomic mass is 16.5. The first-order valence-corrected chi connectivity index (χ1v) is 10.2. The van der Waals surface area contributed by atoms with Crippen LogP contribution >= 0.6 is 0 Å². The van der Waals surface area contributed by atoms with Gasteiger partial charge >= 0.3 is 0 Å². The third kappa shape index (κ3) is 4.72. The van der Waals surface area contributed by atoms with E-state index in [9.17, 15) is 4.79 Å². The second-order valence-corrected chi connectivity index (χ2v) is 7.64. The van der Waals surface area contributed by atoms with Gasteiger partial charge in [-0.3, -0.25) is 9.20 Å². The fourth-order valence-electron chi connectivity index (χ4n) is 3.24. The van der Waals surface area contributed by atoms with Crippen molar-refractivity contribution in [2.24, 2.45) is 5.92 Å². The van der Waals surface area contributed by atoms with Crippen molar-refractivity contribution < 1.29 is 14.3 Å². The maximum Gasteiger partial charge on any atom is 0.220 e. The summed E-state index contributed by atoms with van der Waals surface area (Å²) in [4.78, 5) is 16.6. The summed E-state index contributed by atoms with van der Waals surface area (Å²) < 4.78 is 12.8. The van der Waals surface area contributed by atoms with Crippen molar-refractivity contribution in [3.8, 4) is 11.5 Å². The Morgan fingerprint density at radius 1 is 1.13 bits per heavy atom. The third-order valence-corrected chi connectivity index (χ3v) is 4.82. The van der Waals surface area contributed by atoms with Crippen LogP contribution in [0.4, 0.5) is 5.82 Å².